The van der Waals surface area contributed by atoms with Gasteiger partial charge in [-0.05, 0) is 69.7 Å². The molecule has 21 heavy (non-hydrogen) atoms. The van der Waals surface area contributed by atoms with Gasteiger partial charge in [0.05, 0.1) is 0 Å². The summed E-state index contributed by atoms with van der Waals surface area (Å²) >= 11 is 0. The van der Waals surface area contributed by atoms with Crippen LogP contribution < -0.4 is 5.32 Å². The van der Waals surface area contributed by atoms with Gasteiger partial charge in [-0.2, -0.15) is 0 Å². The average molecular weight is 286 g/mol. The molecule has 1 aromatic rings. The van der Waals surface area contributed by atoms with E-state index in [0.717, 1.165) is 24.9 Å². The molecule has 1 aromatic carbocycles. The maximum atomic E-state index is 12.9. The molecule has 2 atom stereocenters. The average Bonchev–Trinajstić information content (AvgIpc) is 2.81. The molecule has 2 unspecified atom stereocenters. The highest BCUT2D eigenvalue weighted by Crippen LogP contribution is 2.30. The van der Waals surface area contributed by atoms with E-state index >= 15 is 0 Å². The molecule has 3 nitrogen and oxygen atoms in total. The zero-order valence-electron chi connectivity index (χ0n) is 13.4. The van der Waals surface area contributed by atoms with Crippen LogP contribution in [-0.4, -0.2) is 35.5 Å². The van der Waals surface area contributed by atoms with Crippen LogP contribution in [0.4, 0.5) is 0 Å². The van der Waals surface area contributed by atoms with Gasteiger partial charge >= 0.3 is 0 Å². The summed E-state index contributed by atoms with van der Waals surface area (Å²) in [6.07, 6.45) is 4.77. The summed E-state index contributed by atoms with van der Waals surface area (Å²) in [5.41, 5.74) is 3.28. The minimum absolute atomic E-state index is 0.201. The van der Waals surface area contributed by atoms with Crippen molar-refractivity contribution in [3.8, 4) is 0 Å². The van der Waals surface area contributed by atoms with Crippen molar-refractivity contribution in [3.05, 3.63) is 34.9 Å². The van der Waals surface area contributed by atoms with Crippen molar-refractivity contribution in [1.29, 1.82) is 0 Å². The fraction of sp³-hybridized carbons (Fsp3) is 0.611. The monoisotopic (exact) mass is 286 g/mol. The van der Waals surface area contributed by atoms with E-state index in [2.05, 4.69) is 37.1 Å². The highest BCUT2D eigenvalue weighted by atomic mass is 16.2. The SMILES string of the molecule is CCN(C(=O)c1ccc(C)c(C)c1)C1CC2CCC(C1)N2. The Morgan fingerprint density at radius 3 is 2.43 bits per heavy atom. The minimum atomic E-state index is 0.201. The van der Waals surface area contributed by atoms with Crippen LogP contribution in [0.1, 0.15) is 54.1 Å². The molecular weight excluding hydrogens is 260 g/mol. The Kier molecular flexibility index (Phi) is 4.03. The molecule has 114 valence electrons. The Morgan fingerprint density at radius 1 is 1.19 bits per heavy atom. The van der Waals surface area contributed by atoms with Crippen molar-refractivity contribution < 1.29 is 4.79 Å². The number of nitrogens with one attached hydrogen (secondary N) is 1. The quantitative estimate of drug-likeness (QED) is 0.926. The van der Waals surface area contributed by atoms with Crippen molar-refractivity contribution >= 4 is 5.91 Å². The van der Waals surface area contributed by atoms with Crippen LogP contribution in [0.3, 0.4) is 0 Å². The van der Waals surface area contributed by atoms with Gasteiger partial charge in [-0.1, -0.05) is 6.07 Å². The first kappa shape index (κ1) is 14.6. The van der Waals surface area contributed by atoms with E-state index in [0.29, 0.717) is 18.1 Å². The van der Waals surface area contributed by atoms with Gasteiger partial charge in [-0.25, -0.2) is 0 Å². The fourth-order valence-corrected chi connectivity index (χ4v) is 3.89. The number of carbonyl (C=O) groups is 1. The highest BCUT2D eigenvalue weighted by Gasteiger charge is 2.37. The number of amides is 1. The van der Waals surface area contributed by atoms with Crippen LogP contribution in [0.2, 0.25) is 0 Å². The second kappa shape index (κ2) is 5.80. The Labute approximate surface area is 127 Å². The molecule has 2 saturated heterocycles. The van der Waals surface area contributed by atoms with E-state index in [1.165, 1.54) is 24.0 Å². The summed E-state index contributed by atoms with van der Waals surface area (Å²) in [4.78, 5) is 15.0. The molecule has 3 heteroatoms. The Bertz CT molecular complexity index is 528. The smallest absolute Gasteiger partial charge is 0.254 e. The molecule has 0 radical (unpaired) electrons. The zero-order valence-corrected chi connectivity index (χ0v) is 13.4. The third kappa shape index (κ3) is 2.84. The number of piperidine rings is 1. The topological polar surface area (TPSA) is 32.3 Å². The van der Waals surface area contributed by atoms with E-state index in [1.54, 1.807) is 0 Å². The molecule has 0 aromatic heterocycles. The first-order valence-electron chi connectivity index (χ1n) is 8.22. The summed E-state index contributed by atoms with van der Waals surface area (Å²) in [5, 5.41) is 3.66. The van der Waals surface area contributed by atoms with Crippen LogP contribution in [-0.2, 0) is 0 Å². The normalized spacial score (nSPS) is 27.7. The van der Waals surface area contributed by atoms with E-state index in [-0.39, 0.29) is 5.91 Å². The van der Waals surface area contributed by atoms with Crippen LogP contribution >= 0.6 is 0 Å². The number of hydrogen-bond acceptors (Lipinski definition) is 2. The predicted octanol–water partition coefficient (Wildman–Crippen LogP) is 3.05. The Balaban J connectivity index is 1.79. The van der Waals surface area contributed by atoms with Gasteiger partial charge in [-0.3, -0.25) is 4.79 Å². The lowest BCUT2D eigenvalue weighted by atomic mass is 9.97. The first-order valence-corrected chi connectivity index (χ1v) is 8.22. The molecule has 3 rings (SSSR count). The lowest BCUT2D eigenvalue weighted by Crippen LogP contribution is -2.50. The molecule has 2 bridgehead atoms. The number of carbonyl (C=O) groups excluding carboxylic acids is 1. The molecular formula is C18H26N2O. The van der Waals surface area contributed by atoms with Crippen molar-refractivity contribution in [2.45, 2.75) is 64.6 Å². The molecule has 0 saturated carbocycles. The van der Waals surface area contributed by atoms with Crippen LogP contribution in [0.25, 0.3) is 0 Å². The largest absolute Gasteiger partial charge is 0.336 e. The number of fused-ring (bicyclic) bond motifs is 2. The van der Waals surface area contributed by atoms with Crippen molar-refractivity contribution in [2.24, 2.45) is 0 Å². The number of rotatable bonds is 3. The van der Waals surface area contributed by atoms with Gasteiger partial charge in [0.15, 0.2) is 0 Å². The zero-order chi connectivity index (χ0) is 15.0. The molecule has 0 spiro atoms. The minimum Gasteiger partial charge on any atom is -0.336 e. The maximum absolute atomic E-state index is 12.9. The van der Waals surface area contributed by atoms with Gasteiger partial charge < -0.3 is 10.2 Å². The van der Waals surface area contributed by atoms with Crippen LogP contribution in [0.5, 0.6) is 0 Å². The van der Waals surface area contributed by atoms with Gasteiger partial charge in [-0.15, -0.1) is 0 Å². The first-order chi connectivity index (χ1) is 10.1. The molecule has 1 N–H and O–H groups in total. The lowest BCUT2D eigenvalue weighted by Gasteiger charge is -2.37. The third-order valence-electron chi connectivity index (χ3n) is 5.24. The fourth-order valence-electron chi connectivity index (χ4n) is 3.89. The second-order valence-corrected chi connectivity index (χ2v) is 6.65. The van der Waals surface area contributed by atoms with Gasteiger partial charge in [0.25, 0.3) is 5.91 Å². The Morgan fingerprint density at radius 2 is 1.86 bits per heavy atom. The van der Waals surface area contributed by atoms with E-state index < -0.39 is 0 Å². The van der Waals surface area contributed by atoms with Crippen molar-refractivity contribution in [3.63, 3.8) is 0 Å². The second-order valence-electron chi connectivity index (χ2n) is 6.65. The van der Waals surface area contributed by atoms with Gasteiger partial charge in [0.1, 0.15) is 0 Å². The third-order valence-corrected chi connectivity index (χ3v) is 5.24. The molecule has 1 amide bonds. The van der Waals surface area contributed by atoms with E-state index in [9.17, 15) is 4.79 Å². The van der Waals surface area contributed by atoms with Gasteiger partial charge in [0, 0.05) is 30.2 Å². The molecule has 2 aliphatic heterocycles. The molecule has 2 aliphatic rings. The standard InChI is InChI=1S/C18H26N2O/c1-4-20(17-10-15-7-8-16(11-17)19-15)18(21)14-6-5-12(2)13(3)9-14/h5-6,9,15-17,19H,4,7-8,10-11H2,1-3H3. The summed E-state index contributed by atoms with van der Waals surface area (Å²) < 4.78 is 0. The number of benzene rings is 1. The number of hydrogen-bond donors (Lipinski definition) is 1. The number of nitrogens with zero attached hydrogens (tertiary/aromatic N) is 1. The summed E-state index contributed by atoms with van der Waals surface area (Å²) in [7, 11) is 0. The number of aryl methyl sites for hydroxylation is 2. The molecule has 0 aliphatic carbocycles. The highest BCUT2D eigenvalue weighted by molar-refractivity contribution is 5.94. The van der Waals surface area contributed by atoms with Crippen molar-refractivity contribution in [2.75, 3.05) is 6.54 Å². The van der Waals surface area contributed by atoms with Crippen LogP contribution in [0.15, 0.2) is 18.2 Å². The summed E-state index contributed by atoms with van der Waals surface area (Å²) in [5.74, 6) is 0.201. The van der Waals surface area contributed by atoms with E-state index in [1.807, 2.05) is 12.1 Å². The maximum Gasteiger partial charge on any atom is 0.254 e. The van der Waals surface area contributed by atoms with Gasteiger partial charge in [0.2, 0.25) is 0 Å². The Hall–Kier alpha value is -1.35. The molecule has 2 fully saturated rings. The lowest BCUT2D eigenvalue weighted by molar-refractivity contribution is 0.0631. The van der Waals surface area contributed by atoms with Crippen molar-refractivity contribution in [1.82, 2.24) is 10.2 Å². The predicted molar refractivity (Wildman–Crippen MR) is 85.6 cm³/mol. The van der Waals surface area contributed by atoms with E-state index in [4.69, 9.17) is 0 Å². The summed E-state index contributed by atoms with van der Waals surface area (Å²) in [6.45, 7) is 7.07. The summed E-state index contributed by atoms with van der Waals surface area (Å²) in [6, 6.07) is 7.72. The van der Waals surface area contributed by atoms with Crippen LogP contribution in [0, 0.1) is 13.8 Å². The molecule has 2 heterocycles.